The van der Waals surface area contributed by atoms with Crippen LogP contribution in [0.5, 0.6) is 0 Å². The van der Waals surface area contributed by atoms with Crippen LogP contribution in [-0.4, -0.2) is 26.5 Å². The smallest absolute Gasteiger partial charge is 0.251 e. The van der Waals surface area contributed by atoms with Gasteiger partial charge in [-0.1, -0.05) is 11.3 Å². The largest absolute Gasteiger partial charge is 0.342 e. The second-order valence-corrected chi connectivity index (χ2v) is 5.16. The fraction of sp³-hybridized carbons (Fsp3) is 0.429. The Hall–Kier alpha value is -2.24. The summed E-state index contributed by atoms with van der Waals surface area (Å²) in [4.78, 5) is 12.2. The van der Waals surface area contributed by atoms with E-state index in [9.17, 15) is 4.79 Å². The molecule has 0 spiro atoms. The highest BCUT2D eigenvalue weighted by Crippen LogP contribution is 2.22. The van der Waals surface area contributed by atoms with Gasteiger partial charge in [-0.05, 0) is 55.9 Å². The first kappa shape index (κ1) is 12.8. The van der Waals surface area contributed by atoms with Crippen LogP contribution in [0.4, 0.5) is 0 Å². The first-order valence-corrected chi connectivity index (χ1v) is 6.90. The fourth-order valence-corrected chi connectivity index (χ4v) is 2.57. The Morgan fingerprint density at radius 3 is 2.85 bits per heavy atom. The molecule has 1 unspecified atom stereocenters. The van der Waals surface area contributed by atoms with E-state index in [-0.39, 0.29) is 11.9 Å². The first-order chi connectivity index (χ1) is 9.74. The van der Waals surface area contributed by atoms with Gasteiger partial charge in [-0.25, -0.2) is 0 Å². The highest BCUT2D eigenvalue weighted by Gasteiger charge is 2.16. The molecule has 1 aliphatic rings. The maximum atomic E-state index is 12.2. The number of aromatic amines is 1. The van der Waals surface area contributed by atoms with Crippen molar-refractivity contribution in [3.8, 4) is 0 Å². The molecule has 1 aromatic carbocycles. The molecule has 6 heteroatoms. The molecular weight excluding hydrogens is 254 g/mol. The lowest BCUT2D eigenvalue weighted by Crippen LogP contribution is -2.27. The standard InChI is InChI=1S/C14H17N5O/c1-9(13-16-18-19-17-13)15-14(20)12-7-6-10-4-2-3-5-11(10)8-12/h6-9H,2-5H2,1H3,(H,15,20)(H,16,17,18,19). The molecule has 1 amide bonds. The highest BCUT2D eigenvalue weighted by atomic mass is 16.1. The summed E-state index contributed by atoms with van der Waals surface area (Å²) >= 11 is 0. The summed E-state index contributed by atoms with van der Waals surface area (Å²) < 4.78 is 0. The first-order valence-electron chi connectivity index (χ1n) is 6.90. The molecule has 3 rings (SSSR count). The van der Waals surface area contributed by atoms with E-state index in [1.54, 1.807) is 0 Å². The Kier molecular flexibility index (Phi) is 3.45. The molecule has 0 aliphatic heterocycles. The van der Waals surface area contributed by atoms with Crippen LogP contribution in [-0.2, 0) is 12.8 Å². The van der Waals surface area contributed by atoms with Crippen LogP contribution in [0.1, 0.15) is 53.1 Å². The molecule has 1 aromatic heterocycles. The molecular formula is C14H17N5O. The van der Waals surface area contributed by atoms with Gasteiger partial charge in [0.15, 0.2) is 5.82 Å². The average molecular weight is 271 g/mol. The maximum Gasteiger partial charge on any atom is 0.251 e. The van der Waals surface area contributed by atoms with Gasteiger partial charge in [0, 0.05) is 5.56 Å². The Morgan fingerprint density at radius 1 is 1.30 bits per heavy atom. The van der Waals surface area contributed by atoms with Crippen molar-refractivity contribution in [3.05, 3.63) is 40.7 Å². The van der Waals surface area contributed by atoms with Gasteiger partial charge in [-0.15, -0.1) is 10.2 Å². The number of aryl methyl sites for hydroxylation is 2. The van der Waals surface area contributed by atoms with Gasteiger partial charge >= 0.3 is 0 Å². The minimum atomic E-state index is -0.266. The van der Waals surface area contributed by atoms with Crippen LogP contribution in [0.25, 0.3) is 0 Å². The SMILES string of the molecule is CC(NC(=O)c1ccc2c(c1)CCCC2)c1nn[nH]n1. The van der Waals surface area contributed by atoms with E-state index in [0.717, 1.165) is 12.8 Å². The number of nitrogens with zero attached hydrogens (tertiary/aromatic N) is 3. The van der Waals surface area contributed by atoms with Crippen molar-refractivity contribution < 1.29 is 4.79 Å². The molecule has 20 heavy (non-hydrogen) atoms. The summed E-state index contributed by atoms with van der Waals surface area (Å²) in [6, 6.07) is 5.70. The van der Waals surface area contributed by atoms with E-state index in [1.807, 2.05) is 19.1 Å². The fourth-order valence-electron chi connectivity index (χ4n) is 2.57. The van der Waals surface area contributed by atoms with E-state index < -0.39 is 0 Å². The number of H-pyrrole nitrogens is 1. The summed E-state index contributed by atoms with van der Waals surface area (Å²) in [7, 11) is 0. The predicted molar refractivity (Wildman–Crippen MR) is 73.1 cm³/mol. The molecule has 0 fully saturated rings. The Bertz CT molecular complexity index is 608. The maximum absolute atomic E-state index is 12.2. The van der Waals surface area contributed by atoms with Crippen molar-refractivity contribution in [1.29, 1.82) is 0 Å². The van der Waals surface area contributed by atoms with Crippen LogP contribution in [0.3, 0.4) is 0 Å². The minimum absolute atomic E-state index is 0.101. The predicted octanol–water partition coefficient (Wildman–Crippen LogP) is 1.57. The van der Waals surface area contributed by atoms with Crippen molar-refractivity contribution >= 4 is 5.91 Å². The number of carbonyl (C=O) groups excluding carboxylic acids is 1. The van der Waals surface area contributed by atoms with E-state index in [4.69, 9.17) is 0 Å². The molecule has 1 heterocycles. The Balaban J connectivity index is 1.74. The zero-order valence-electron chi connectivity index (χ0n) is 11.4. The summed E-state index contributed by atoms with van der Waals surface area (Å²) in [6.45, 7) is 1.83. The minimum Gasteiger partial charge on any atom is -0.342 e. The second-order valence-electron chi connectivity index (χ2n) is 5.16. The van der Waals surface area contributed by atoms with E-state index in [1.165, 1.54) is 24.0 Å². The van der Waals surface area contributed by atoms with Gasteiger partial charge < -0.3 is 5.32 Å². The molecule has 2 aromatic rings. The van der Waals surface area contributed by atoms with Crippen molar-refractivity contribution in [1.82, 2.24) is 25.9 Å². The number of benzene rings is 1. The van der Waals surface area contributed by atoms with Crippen molar-refractivity contribution in [2.24, 2.45) is 0 Å². The molecule has 0 saturated heterocycles. The Labute approximate surface area is 117 Å². The average Bonchev–Trinajstić information content (AvgIpc) is 3.01. The quantitative estimate of drug-likeness (QED) is 0.887. The zero-order chi connectivity index (χ0) is 13.9. The lowest BCUT2D eigenvalue weighted by Gasteiger charge is -2.17. The zero-order valence-corrected chi connectivity index (χ0v) is 11.4. The van der Waals surface area contributed by atoms with Crippen LogP contribution >= 0.6 is 0 Å². The molecule has 104 valence electrons. The number of carbonyl (C=O) groups is 1. The van der Waals surface area contributed by atoms with Gasteiger partial charge in [0.2, 0.25) is 0 Å². The van der Waals surface area contributed by atoms with E-state index >= 15 is 0 Å². The summed E-state index contributed by atoms with van der Waals surface area (Å²) in [5, 5.41) is 16.5. The molecule has 2 N–H and O–H groups in total. The van der Waals surface area contributed by atoms with Gasteiger partial charge in [-0.3, -0.25) is 4.79 Å². The topological polar surface area (TPSA) is 83.6 Å². The molecule has 0 bridgehead atoms. The number of aromatic nitrogens is 4. The monoisotopic (exact) mass is 271 g/mol. The number of hydrogen-bond donors (Lipinski definition) is 2. The molecule has 1 atom stereocenters. The van der Waals surface area contributed by atoms with Gasteiger partial charge in [0.1, 0.15) is 0 Å². The van der Waals surface area contributed by atoms with Crippen molar-refractivity contribution in [3.63, 3.8) is 0 Å². The lowest BCUT2D eigenvalue weighted by atomic mass is 9.90. The number of hydrogen-bond acceptors (Lipinski definition) is 4. The number of tetrazole rings is 1. The molecule has 6 nitrogen and oxygen atoms in total. The van der Waals surface area contributed by atoms with Gasteiger partial charge in [0.05, 0.1) is 6.04 Å². The number of fused-ring (bicyclic) bond motifs is 1. The van der Waals surface area contributed by atoms with Crippen LogP contribution in [0.15, 0.2) is 18.2 Å². The van der Waals surface area contributed by atoms with Crippen molar-refractivity contribution in [2.75, 3.05) is 0 Å². The molecule has 0 saturated carbocycles. The van der Waals surface area contributed by atoms with Crippen LogP contribution in [0.2, 0.25) is 0 Å². The number of amides is 1. The van der Waals surface area contributed by atoms with Crippen LogP contribution < -0.4 is 5.32 Å². The second kappa shape index (κ2) is 5.40. The van der Waals surface area contributed by atoms with E-state index in [0.29, 0.717) is 11.4 Å². The number of nitrogens with one attached hydrogen (secondary N) is 2. The third-order valence-electron chi connectivity index (χ3n) is 3.71. The molecule has 0 radical (unpaired) electrons. The summed E-state index contributed by atoms with van der Waals surface area (Å²) in [5.41, 5.74) is 3.37. The number of rotatable bonds is 3. The third-order valence-corrected chi connectivity index (χ3v) is 3.71. The third kappa shape index (κ3) is 2.54. The van der Waals surface area contributed by atoms with Gasteiger partial charge in [-0.2, -0.15) is 5.21 Å². The Morgan fingerprint density at radius 2 is 2.10 bits per heavy atom. The summed E-state index contributed by atoms with van der Waals surface area (Å²) in [5.74, 6) is 0.381. The van der Waals surface area contributed by atoms with Gasteiger partial charge in [0.25, 0.3) is 5.91 Å². The van der Waals surface area contributed by atoms with Crippen molar-refractivity contribution in [2.45, 2.75) is 38.6 Å². The normalized spacial score (nSPS) is 15.4. The highest BCUT2D eigenvalue weighted by molar-refractivity contribution is 5.94. The lowest BCUT2D eigenvalue weighted by molar-refractivity contribution is 0.0938. The van der Waals surface area contributed by atoms with E-state index in [2.05, 4.69) is 32.0 Å². The van der Waals surface area contributed by atoms with Crippen LogP contribution in [0, 0.1) is 0 Å². The molecule has 1 aliphatic carbocycles. The summed E-state index contributed by atoms with van der Waals surface area (Å²) in [6.07, 6.45) is 4.64.